The summed E-state index contributed by atoms with van der Waals surface area (Å²) in [4.78, 5) is 22.7. The van der Waals surface area contributed by atoms with Crippen LogP contribution >= 0.6 is 0 Å². The maximum Gasteiger partial charge on any atom is 0.256 e. The summed E-state index contributed by atoms with van der Waals surface area (Å²) in [6, 6.07) is 10.0. The maximum absolute atomic E-state index is 13.2. The summed E-state index contributed by atoms with van der Waals surface area (Å²) in [7, 11) is 3.79. The van der Waals surface area contributed by atoms with Gasteiger partial charge in [-0.25, -0.2) is 4.98 Å². The highest BCUT2D eigenvalue weighted by Gasteiger charge is 2.28. The quantitative estimate of drug-likeness (QED) is 0.475. The number of amides is 1. The highest BCUT2D eigenvalue weighted by Crippen LogP contribution is 2.35. The minimum atomic E-state index is -0.195. The highest BCUT2D eigenvalue weighted by molar-refractivity contribution is 6.13. The molecule has 2 aliphatic heterocycles. The number of nitrogens with zero attached hydrogens (tertiary/aromatic N) is 6. The molecule has 0 bridgehead atoms. The topological polar surface area (TPSA) is 99.9 Å². The van der Waals surface area contributed by atoms with Crippen molar-refractivity contribution in [2.24, 2.45) is 0 Å². The monoisotopic (exact) mass is 460 g/mol. The molecule has 4 aromatic rings. The van der Waals surface area contributed by atoms with Crippen molar-refractivity contribution in [3.05, 3.63) is 35.9 Å². The molecule has 0 spiro atoms. The number of hydrogen-bond donors (Lipinski definition) is 2. The number of ether oxygens (including phenoxy) is 1. The van der Waals surface area contributed by atoms with E-state index in [0.29, 0.717) is 30.1 Å². The smallest absolute Gasteiger partial charge is 0.256 e. The standard InChI is InChI=1S/C24H28N8O2/c1-25-24(33)20-21(26-15-13-34-14-15)16-12-19(31-9-5-8-30(2)10-11-31)28-29-22(16)32-18-7-4-3-6-17(18)27-23(20)32/h3-4,6-7,12,15,26H,5,8-11,13-14H2,1-2H3,(H,25,33). The van der Waals surface area contributed by atoms with E-state index in [-0.39, 0.29) is 11.9 Å². The van der Waals surface area contributed by atoms with Gasteiger partial charge in [0.15, 0.2) is 17.1 Å². The van der Waals surface area contributed by atoms with Crippen LogP contribution in [0.15, 0.2) is 30.3 Å². The summed E-state index contributed by atoms with van der Waals surface area (Å²) in [6.45, 7) is 5.03. The summed E-state index contributed by atoms with van der Waals surface area (Å²) in [5, 5.41) is 16.6. The van der Waals surface area contributed by atoms with E-state index in [0.717, 1.165) is 60.5 Å². The fraction of sp³-hybridized carbons (Fsp3) is 0.417. The molecule has 1 amide bonds. The Morgan fingerprint density at radius 1 is 1.09 bits per heavy atom. The first-order valence-corrected chi connectivity index (χ1v) is 11.7. The lowest BCUT2D eigenvalue weighted by molar-refractivity contribution is 0.0211. The number of rotatable bonds is 4. The molecule has 2 fully saturated rings. The van der Waals surface area contributed by atoms with Gasteiger partial charge in [-0.05, 0) is 38.2 Å². The van der Waals surface area contributed by atoms with Crippen LogP contribution in [0.1, 0.15) is 16.8 Å². The van der Waals surface area contributed by atoms with Crippen molar-refractivity contribution in [3.63, 3.8) is 0 Å². The molecular formula is C24H28N8O2. The molecule has 0 atom stereocenters. The third-order valence-corrected chi connectivity index (χ3v) is 6.76. The zero-order valence-electron chi connectivity index (χ0n) is 19.4. The number of benzene rings is 1. The molecule has 0 radical (unpaired) electrons. The van der Waals surface area contributed by atoms with E-state index in [9.17, 15) is 4.79 Å². The second-order valence-corrected chi connectivity index (χ2v) is 9.05. The number of hydrogen-bond acceptors (Lipinski definition) is 8. The van der Waals surface area contributed by atoms with Gasteiger partial charge in [0.1, 0.15) is 5.56 Å². The van der Waals surface area contributed by atoms with E-state index in [2.05, 4.69) is 38.6 Å². The zero-order valence-corrected chi connectivity index (χ0v) is 19.4. The second-order valence-electron chi connectivity index (χ2n) is 9.05. The molecule has 2 N–H and O–H groups in total. The molecular weight excluding hydrogens is 432 g/mol. The van der Waals surface area contributed by atoms with Crippen molar-refractivity contribution in [3.8, 4) is 0 Å². The lowest BCUT2D eigenvalue weighted by atomic mass is 10.1. The molecule has 2 aliphatic rings. The number of pyridine rings is 1. The van der Waals surface area contributed by atoms with E-state index in [1.807, 2.05) is 28.7 Å². The Morgan fingerprint density at radius 2 is 1.94 bits per heavy atom. The van der Waals surface area contributed by atoms with Gasteiger partial charge in [0, 0.05) is 32.1 Å². The number of anilines is 2. The van der Waals surface area contributed by atoms with Crippen LogP contribution in [0, 0.1) is 0 Å². The van der Waals surface area contributed by atoms with Crippen molar-refractivity contribution in [1.82, 2.24) is 29.8 Å². The Kier molecular flexibility index (Phi) is 5.19. The first kappa shape index (κ1) is 21.1. The van der Waals surface area contributed by atoms with E-state index >= 15 is 0 Å². The summed E-state index contributed by atoms with van der Waals surface area (Å²) in [6.07, 6.45) is 1.06. The van der Waals surface area contributed by atoms with Crippen molar-refractivity contribution in [2.75, 3.05) is 63.7 Å². The number of aromatic nitrogens is 4. The first-order valence-electron chi connectivity index (χ1n) is 11.7. The van der Waals surface area contributed by atoms with Gasteiger partial charge in [0.05, 0.1) is 36.0 Å². The summed E-state index contributed by atoms with van der Waals surface area (Å²) < 4.78 is 7.35. The summed E-state index contributed by atoms with van der Waals surface area (Å²) >= 11 is 0. The van der Waals surface area contributed by atoms with Crippen molar-refractivity contribution >= 4 is 45.1 Å². The molecule has 3 aromatic heterocycles. The Bertz CT molecular complexity index is 1400. The fourth-order valence-electron chi connectivity index (χ4n) is 4.82. The third-order valence-electron chi connectivity index (χ3n) is 6.76. The molecule has 10 nitrogen and oxygen atoms in total. The zero-order chi connectivity index (χ0) is 23.2. The third kappa shape index (κ3) is 3.41. The predicted octanol–water partition coefficient (Wildman–Crippen LogP) is 1.74. The van der Waals surface area contributed by atoms with Gasteiger partial charge in [-0.2, -0.15) is 0 Å². The number of likely N-dealkylation sites (N-methyl/N-ethyl adjacent to an activating group) is 1. The van der Waals surface area contributed by atoms with Crippen molar-refractivity contribution in [1.29, 1.82) is 0 Å². The van der Waals surface area contributed by atoms with E-state index in [4.69, 9.17) is 14.8 Å². The molecule has 176 valence electrons. The average Bonchev–Trinajstić information content (AvgIpc) is 3.07. The van der Waals surface area contributed by atoms with Crippen LogP contribution in [-0.4, -0.2) is 89.9 Å². The Morgan fingerprint density at radius 3 is 2.74 bits per heavy atom. The number of nitrogens with one attached hydrogen (secondary N) is 2. The van der Waals surface area contributed by atoms with Gasteiger partial charge in [-0.15, -0.1) is 10.2 Å². The molecule has 6 rings (SSSR count). The van der Waals surface area contributed by atoms with Crippen LogP contribution in [-0.2, 0) is 4.74 Å². The van der Waals surface area contributed by atoms with Crippen LogP contribution in [0.3, 0.4) is 0 Å². The molecule has 10 heteroatoms. The van der Waals surface area contributed by atoms with Gasteiger partial charge in [0.25, 0.3) is 5.91 Å². The molecule has 0 aliphatic carbocycles. The van der Waals surface area contributed by atoms with E-state index in [1.54, 1.807) is 7.05 Å². The number of carbonyl (C=O) groups excluding carboxylic acids is 1. The molecule has 2 saturated heterocycles. The Labute approximate surface area is 196 Å². The lowest BCUT2D eigenvalue weighted by Gasteiger charge is -2.29. The highest BCUT2D eigenvalue weighted by atomic mass is 16.5. The molecule has 1 aromatic carbocycles. The minimum Gasteiger partial charge on any atom is -0.377 e. The summed E-state index contributed by atoms with van der Waals surface area (Å²) in [5.74, 6) is 0.627. The van der Waals surface area contributed by atoms with E-state index < -0.39 is 0 Å². The van der Waals surface area contributed by atoms with Crippen molar-refractivity contribution in [2.45, 2.75) is 12.5 Å². The SMILES string of the molecule is CNC(=O)c1c(NC2COC2)c2cc(N3CCCN(C)CC3)nnc2n2c1nc1ccccc12. The lowest BCUT2D eigenvalue weighted by Crippen LogP contribution is -2.41. The van der Waals surface area contributed by atoms with Crippen LogP contribution in [0.5, 0.6) is 0 Å². The number of imidazole rings is 1. The Hall–Kier alpha value is -3.50. The minimum absolute atomic E-state index is 0.127. The van der Waals surface area contributed by atoms with Crippen LogP contribution in [0.2, 0.25) is 0 Å². The van der Waals surface area contributed by atoms with Gasteiger partial charge >= 0.3 is 0 Å². The van der Waals surface area contributed by atoms with Gasteiger partial charge in [-0.3, -0.25) is 9.20 Å². The first-order chi connectivity index (χ1) is 16.6. The number of para-hydroxylation sites is 2. The number of carbonyl (C=O) groups is 1. The normalized spacial score (nSPS) is 17.8. The molecule has 5 heterocycles. The predicted molar refractivity (Wildman–Crippen MR) is 132 cm³/mol. The van der Waals surface area contributed by atoms with Gasteiger partial charge < -0.3 is 25.2 Å². The van der Waals surface area contributed by atoms with E-state index in [1.165, 1.54) is 0 Å². The van der Waals surface area contributed by atoms with Crippen LogP contribution < -0.4 is 15.5 Å². The fourth-order valence-corrected chi connectivity index (χ4v) is 4.82. The summed E-state index contributed by atoms with van der Waals surface area (Å²) in [5.41, 5.74) is 4.18. The molecule has 34 heavy (non-hydrogen) atoms. The van der Waals surface area contributed by atoms with Gasteiger partial charge in [0.2, 0.25) is 0 Å². The largest absolute Gasteiger partial charge is 0.377 e. The van der Waals surface area contributed by atoms with Crippen molar-refractivity contribution < 1.29 is 9.53 Å². The number of fused-ring (bicyclic) bond motifs is 5. The molecule has 0 unspecified atom stereocenters. The van der Waals surface area contributed by atoms with Crippen LogP contribution in [0.4, 0.5) is 11.5 Å². The van der Waals surface area contributed by atoms with Crippen LogP contribution in [0.25, 0.3) is 27.7 Å². The second kappa shape index (κ2) is 8.37. The average molecular weight is 461 g/mol. The van der Waals surface area contributed by atoms with Gasteiger partial charge in [-0.1, -0.05) is 12.1 Å². The maximum atomic E-state index is 13.2. The molecule has 0 saturated carbocycles. The Balaban J connectivity index is 1.64.